The van der Waals surface area contributed by atoms with Crippen LogP contribution in [0.5, 0.6) is 5.75 Å². The number of aliphatic hydroxyl groups excluding tert-OH is 1. The lowest BCUT2D eigenvalue weighted by Crippen LogP contribution is -2.21. The first kappa shape index (κ1) is 15.6. The van der Waals surface area contributed by atoms with Crippen LogP contribution >= 0.6 is 0 Å². The SMILES string of the molecule is CCOc1cc(NCC(O)CC(C)C)c(N)cc1F. The highest BCUT2D eigenvalue weighted by atomic mass is 19.1. The van der Waals surface area contributed by atoms with Crippen molar-refractivity contribution in [2.75, 3.05) is 24.2 Å². The molecule has 4 nitrogen and oxygen atoms in total. The monoisotopic (exact) mass is 270 g/mol. The van der Waals surface area contributed by atoms with E-state index >= 15 is 0 Å². The summed E-state index contributed by atoms with van der Waals surface area (Å²) in [5.41, 5.74) is 6.61. The standard InChI is InChI=1S/C14H23FN2O2/c1-4-19-14-7-13(12(16)6-11(14)15)17-8-10(18)5-9(2)3/h6-7,9-10,17-18H,4-5,8,16H2,1-3H3. The van der Waals surface area contributed by atoms with Gasteiger partial charge in [-0.2, -0.15) is 0 Å². The summed E-state index contributed by atoms with van der Waals surface area (Å²) in [6, 6.07) is 2.75. The molecule has 0 spiro atoms. The van der Waals surface area contributed by atoms with Crippen LogP contribution in [0.1, 0.15) is 27.2 Å². The van der Waals surface area contributed by atoms with Gasteiger partial charge in [-0.15, -0.1) is 0 Å². The molecule has 1 aromatic rings. The Balaban J connectivity index is 2.69. The van der Waals surface area contributed by atoms with Crippen molar-refractivity contribution in [3.05, 3.63) is 17.9 Å². The highest BCUT2D eigenvalue weighted by Crippen LogP contribution is 2.28. The Hall–Kier alpha value is -1.49. The van der Waals surface area contributed by atoms with Crippen LogP contribution in [0.25, 0.3) is 0 Å². The summed E-state index contributed by atoms with van der Waals surface area (Å²) < 4.78 is 18.7. The number of anilines is 2. The second kappa shape index (κ2) is 7.19. The predicted octanol–water partition coefficient (Wildman–Crippen LogP) is 2.63. The van der Waals surface area contributed by atoms with Gasteiger partial charge in [-0.1, -0.05) is 13.8 Å². The lowest BCUT2D eigenvalue weighted by Gasteiger charge is -2.16. The van der Waals surface area contributed by atoms with Gasteiger partial charge in [0.25, 0.3) is 0 Å². The minimum atomic E-state index is -0.479. The van der Waals surface area contributed by atoms with Crippen molar-refractivity contribution in [2.45, 2.75) is 33.3 Å². The normalized spacial score (nSPS) is 12.5. The van der Waals surface area contributed by atoms with Crippen LogP contribution in [0.2, 0.25) is 0 Å². The zero-order valence-corrected chi connectivity index (χ0v) is 11.7. The predicted molar refractivity (Wildman–Crippen MR) is 75.9 cm³/mol. The third-order valence-corrected chi connectivity index (χ3v) is 2.68. The number of nitrogens with one attached hydrogen (secondary N) is 1. The molecule has 1 atom stereocenters. The van der Waals surface area contributed by atoms with Gasteiger partial charge in [-0.25, -0.2) is 4.39 Å². The van der Waals surface area contributed by atoms with E-state index in [2.05, 4.69) is 5.32 Å². The molecule has 19 heavy (non-hydrogen) atoms. The van der Waals surface area contributed by atoms with E-state index in [0.29, 0.717) is 36.9 Å². The Morgan fingerprint density at radius 1 is 1.42 bits per heavy atom. The second-order valence-corrected chi connectivity index (χ2v) is 4.97. The largest absolute Gasteiger partial charge is 0.491 e. The van der Waals surface area contributed by atoms with E-state index in [1.807, 2.05) is 13.8 Å². The summed E-state index contributed by atoms with van der Waals surface area (Å²) in [7, 11) is 0. The summed E-state index contributed by atoms with van der Waals surface area (Å²) in [5, 5.41) is 12.8. The maximum atomic E-state index is 13.5. The second-order valence-electron chi connectivity index (χ2n) is 4.97. The fourth-order valence-corrected chi connectivity index (χ4v) is 1.84. The number of nitrogens with two attached hydrogens (primary N) is 1. The Morgan fingerprint density at radius 2 is 2.11 bits per heavy atom. The number of benzene rings is 1. The highest BCUT2D eigenvalue weighted by molar-refractivity contribution is 5.68. The van der Waals surface area contributed by atoms with Crippen molar-refractivity contribution >= 4 is 11.4 Å². The summed E-state index contributed by atoms with van der Waals surface area (Å²) in [6.07, 6.45) is 0.242. The molecule has 1 unspecified atom stereocenters. The first-order valence-corrected chi connectivity index (χ1v) is 6.57. The maximum Gasteiger partial charge on any atom is 0.167 e. The van der Waals surface area contributed by atoms with Gasteiger partial charge in [0, 0.05) is 18.7 Å². The molecule has 1 rings (SSSR count). The zero-order valence-electron chi connectivity index (χ0n) is 11.7. The minimum absolute atomic E-state index is 0.164. The molecule has 0 saturated carbocycles. The van der Waals surface area contributed by atoms with Gasteiger partial charge in [0.1, 0.15) is 0 Å². The lowest BCUT2D eigenvalue weighted by molar-refractivity contribution is 0.161. The molecule has 0 aromatic heterocycles. The number of hydrogen-bond donors (Lipinski definition) is 3. The van der Waals surface area contributed by atoms with Crippen molar-refractivity contribution < 1.29 is 14.2 Å². The minimum Gasteiger partial charge on any atom is -0.491 e. The topological polar surface area (TPSA) is 67.5 Å². The fraction of sp³-hybridized carbons (Fsp3) is 0.571. The Morgan fingerprint density at radius 3 is 2.68 bits per heavy atom. The average molecular weight is 270 g/mol. The van der Waals surface area contributed by atoms with Crippen LogP contribution in [0, 0.1) is 11.7 Å². The summed E-state index contributed by atoms with van der Waals surface area (Å²) in [6.45, 7) is 6.64. The van der Waals surface area contributed by atoms with Gasteiger partial charge < -0.3 is 20.9 Å². The van der Waals surface area contributed by atoms with Crippen LogP contribution in [0.15, 0.2) is 12.1 Å². The van der Waals surface area contributed by atoms with Crippen LogP contribution in [-0.2, 0) is 0 Å². The van der Waals surface area contributed by atoms with E-state index in [0.717, 1.165) is 0 Å². The van der Waals surface area contributed by atoms with Crippen molar-refractivity contribution in [1.82, 2.24) is 0 Å². The van der Waals surface area contributed by atoms with Gasteiger partial charge in [-0.05, 0) is 19.3 Å². The molecule has 4 N–H and O–H groups in total. The quantitative estimate of drug-likeness (QED) is 0.666. The number of aliphatic hydroxyl groups is 1. The number of rotatable bonds is 7. The van der Waals surface area contributed by atoms with Gasteiger partial charge in [0.2, 0.25) is 0 Å². The number of nitrogen functional groups attached to an aromatic ring is 1. The maximum absolute atomic E-state index is 13.5. The molecular weight excluding hydrogens is 247 g/mol. The summed E-state index contributed by atoms with van der Waals surface area (Å²) in [4.78, 5) is 0. The van der Waals surface area contributed by atoms with Crippen LogP contribution in [0.3, 0.4) is 0 Å². The van der Waals surface area contributed by atoms with Crippen LogP contribution in [-0.4, -0.2) is 24.4 Å². The van der Waals surface area contributed by atoms with E-state index in [4.69, 9.17) is 10.5 Å². The molecule has 0 aliphatic rings. The van der Waals surface area contributed by atoms with E-state index in [-0.39, 0.29) is 5.75 Å². The average Bonchev–Trinajstić information content (AvgIpc) is 2.30. The number of ether oxygens (including phenoxy) is 1. The summed E-state index contributed by atoms with van der Waals surface area (Å²) >= 11 is 0. The van der Waals surface area contributed by atoms with E-state index in [1.165, 1.54) is 12.1 Å². The Kier molecular flexibility index (Phi) is 5.89. The van der Waals surface area contributed by atoms with Crippen molar-refractivity contribution in [3.63, 3.8) is 0 Å². The molecule has 0 amide bonds. The smallest absolute Gasteiger partial charge is 0.167 e. The molecule has 5 heteroatoms. The van der Waals surface area contributed by atoms with E-state index in [9.17, 15) is 9.50 Å². The molecule has 0 fully saturated rings. The van der Waals surface area contributed by atoms with E-state index in [1.54, 1.807) is 6.92 Å². The van der Waals surface area contributed by atoms with Gasteiger partial charge in [-0.3, -0.25) is 0 Å². The van der Waals surface area contributed by atoms with Gasteiger partial charge >= 0.3 is 0 Å². The van der Waals surface area contributed by atoms with Crippen LogP contribution in [0.4, 0.5) is 15.8 Å². The Bertz CT molecular complexity index is 411. The van der Waals surface area contributed by atoms with Crippen molar-refractivity contribution in [2.24, 2.45) is 5.92 Å². The number of halogens is 1. The molecular formula is C14H23FN2O2. The van der Waals surface area contributed by atoms with Gasteiger partial charge in [0.15, 0.2) is 11.6 Å². The molecule has 0 aliphatic carbocycles. The molecule has 0 radical (unpaired) electrons. The molecule has 0 heterocycles. The van der Waals surface area contributed by atoms with Gasteiger partial charge in [0.05, 0.1) is 24.1 Å². The van der Waals surface area contributed by atoms with Crippen molar-refractivity contribution in [1.29, 1.82) is 0 Å². The Labute approximate surface area is 113 Å². The molecule has 0 saturated heterocycles. The molecule has 108 valence electrons. The molecule has 0 bridgehead atoms. The molecule has 1 aromatic carbocycles. The first-order valence-electron chi connectivity index (χ1n) is 6.57. The number of hydrogen-bond acceptors (Lipinski definition) is 4. The fourth-order valence-electron chi connectivity index (χ4n) is 1.84. The summed E-state index contributed by atoms with van der Waals surface area (Å²) in [5.74, 6) is 0.103. The van der Waals surface area contributed by atoms with Crippen LogP contribution < -0.4 is 15.8 Å². The first-order chi connectivity index (χ1) is 8.93. The van der Waals surface area contributed by atoms with E-state index < -0.39 is 11.9 Å². The zero-order chi connectivity index (χ0) is 14.4. The third kappa shape index (κ3) is 4.95. The highest BCUT2D eigenvalue weighted by Gasteiger charge is 2.11. The van der Waals surface area contributed by atoms with Crippen molar-refractivity contribution in [3.8, 4) is 5.75 Å². The lowest BCUT2D eigenvalue weighted by atomic mass is 10.1. The molecule has 0 aliphatic heterocycles. The third-order valence-electron chi connectivity index (χ3n) is 2.68.